The molecule has 1 N–H and O–H groups in total. The Hall–Kier alpha value is -0.120. The molecular formula is C18H34N2O. The van der Waals surface area contributed by atoms with Crippen LogP contribution in [-0.2, 0) is 4.74 Å². The minimum absolute atomic E-state index is 0.425. The highest BCUT2D eigenvalue weighted by molar-refractivity contribution is 5.02. The summed E-state index contributed by atoms with van der Waals surface area (Å²) in [5.74, 6) is 0.773. The van der Waals surface area contributed by atoms with Crippen LogP contribution in [0.15, 0.2) is 0 Å². The van der Waals surface area contributed by atoms with Crippen molar-refractivity contribution in [3.05, 3.63) is 0 Å². The van der Waals surface area contributed by atoms with E-state index in [2.05, 4.69) is 31.0 Å². The summed E-state index contributed by atoms with van der Waals surface area (Å²) in [6.07, 6.45) is 10.3. The minimum Gasteiger partial charge on any atom is -0.374 e. The predicted molar refractivity (Wildman–Crippen MR) is 87.6 cm³/mol. The van der Waals surface area contributed by atoms with Gasteiger partial charge in [0.15, 0.2) is 0 Å². The average molecular weight is 294 g/mol. The van der Waals surface area contributed by atoms with Gasteiger partial charge in [-0.25, -0.2) is 0 Å². The van der Waals surface area contributed by atoms with Crippen molar-refractivity contribution in [2.45, 2.75) is 89.5 Å². The first-order chi connectivity index (χ1) is 10.1. The van der Waals surface area contributed by atoms with Gasteiger partial charge in [0.05, 0.1) is 12.2 Å². The first-order valence-electron chi connectivity index (χ1n) is 9.26. The summed E-state index contributed by atoms with van der Waals surface area (Å²) in [5, 5.41) is 3.94. The molecule has 2 aliphatic heterocycles. The maximum absolute atomic E-state index is 6.11. The highest BCUT2D eigenvalue weighted by atomic mass is 16.5. The highest BCUT2D eigenvalue weighted by Crippen LogP contribution is 2.35. The highest BCUT2D eigenvalue weighted by Gasteiger charge is 2.43. The molecule has 2 heterocycles. The van der Waals surface area contributed by atoms with E-state index in [-0.39, 0.29) is 0 Å². The summed E-state index contributed by atoms with van der Waals surface area (Å²) in [7, 11) is 0. The zero-order valence-electron chi connectivity index (χ0n) is 14.2. The summed E-state index contributed by atoms with van der Waals surface area (Å²) in [6, 6.07) is 0.695. The van der Waals surface area contributed by atoms with Gasteiger partial charge >= 0.3 is 0 Å². The minimum atomic E-state index is 0.425. The van der Waals surface area contributed by atoms with Gasteiger partial charge in [0.1, 0.15) is 0 Å². The lowest BCUT2D eigenvalue weighted by molar-refractivity contribution is -0.0126. The third-order valence-electron chi connectivity index (χ3n) is 6.28. The molecule has 1 aliphatic carbocycles. The van der Waals surface area contributed by atoms with Gasteiger partial charge in [-0.3, -0.25) is 4.90 Å². The number of hydrogen-bond acceptors (Lipinski definition) is 3. The van der Waals surface area contributed by atoms with Crippen molar-refractivity contribution in [2.75, 3.05) is 19.6 Å². The van der Waals surface area contributed by atoms with Gasteiger partial charge in [0, 0.05) is 31.2 Å². The molecule has 1 spiro atoms. The lowest BCUT2D eigenvalue weighted by Gasteiger charge is -2.49. The van der Waals surface area contributed by atoms with Crippen molar-refractivity contribution in [3.8, 4) is 0 Å². The number of rotatable bonds is 4. The number of ether oxygens (including phenoxy) is 1. The lowest BCUT2D eigenvalue weighted by atomic mass is 9.87. The number of nitrogens with one attached hydrogen (secondary N) is 1. The van der Waals surface area contributed by atoms with E-state index in [1.54, 1.807) is 0 Å². The maximum atomic E-state index is 6.11. The van der Waals surface area contributed by atoms with Crippen molar-refractivity contribution >= 4 is 0 Å². The van der Waals surface area contributed by atoms with Crippen LogP contribution in [0.2, 0.25) is 0 Å². The quantitative estimate of drug-likeness (QED) is 0.862. The van der Waals surface area contributed by atoms with Crippen LogP contribution in [0.4, 0.5) is 0 Å². The maximum Gasteiger partial charge on any atom is 0.0706 e. The number of piperazine rings is 1. The number of hydrogen-bond donors (Lipinski definition) is 1. The van der Waals surface area contributed by atoms with Gasteiger partial charge in [0.2, 0.25) is 0 Å². The Labute approximate surface area is 130 Å². The van der Waals surface area contributed by atoms with E-state index in [4.69, 9.17) is 4.74 Å². The SMILES string of the molecule is CCC(C)C1CNC2(CCCC2)CN1CC1CCC(C)O1. The molecule has 122 valence electrons. The molecule has 0 radical (unpaired) electrons. The van der Waals surface area contributed by atoms with Crippen LogP contribution in [0.5, 0.6) is 0 Å². The Kier molecular flexibility index (Phi) is 4.92. The molecule has 3 heteroatoms. The van der Waals surface area contributed by atoms with Gasteiger partial charge in [0.25, 0.3) is 0 Å². The van der Waals surface area contributed by atoms with Gasteiger partial charge in [-0.1, -0.05) is 33.1 Å². The second-order valence-electron chi connectivity index (χ2n) is 7.90. The van der Waals surface area contributed by atoms with E-state index in [1.807, 2.05) is 0 Å². The topological polar surface area (TPSA) is 24.5 Å². The van der Waals surface area contributed by atoms with Gasteiger partial charge in [-0.05, 0) is 38.5 Å². The summed E-state index contributed by atoms with van der Waals surface area (Å²) in [5.41, 5.74) is 0.425. The van der Waals surface area contributed by atoms with Crippen molar-refractivity contribution in [1.82, 2.24) is 10.2 Å². The molecule has 3 rings (SSSR count). The molecule has 2 saturated heterocycles. The first-order valence-corrected chi connectivity index (χ1v) is 9.26. The third-order valence-corrected chi connectivity index (χ3v) is 6.28. The van der Waals surface area contributed by atoms with Crippen molar-refractivity contribution in [3.63, 3.8) is 0 Å². The van der Waals surface area contributed by atoms with Crippen LogP contribution in [0.3, 0.4) is 0 Å². The largest absolute Gasteiger partial charge is 0.374 e. The zero-order valence-corrected chi connectivity index (χ0v) is 14.2. The van der Waals surface area contributed by atoms with E-state index >= 15 is 0 Å². The molecule has 3 aliphatic rings. The van der Waals surface area contributed by atoms with Crippen molar-refractivity contribution in [2.24, 2.45) is 5.92 Å². The fraction of sp³-hybridized carbons (Fsp3) is 1.00. The molecule has 4 unspecified atom stereocenters. The average Bonchev–Trinajstić information content (AvgIpc) is 3.08. The Morgan fingerprint density at radius 1 is 1.29 bits per heavy atom. The second kappa shape index (κ2) is 6.55. The van der Waals surface area contributed by atoms with E-state index in [0.29, 0.717) is 23.8 Å². The van der Waals surface area contributed by atoms with Crippen LogP contribution < -0.4 is 5.32 Å². The number of nitrogens with zero attached hydrogens (tertiary/aromatic N) is 1. The van der Waals surface area contributed by atoms with E-state index < -0.39 is 0 Å². The molecule has 0 aromatic carbocycles. The van der Waals surface area contributed by atoms with Crippen LogP contribution in [-0.4, -0.2) is 48.3 Å². The molecule has 4 atom stereocenters. The fourth-order valence-electron chi connectivity index (χ4n) is 4.71. The summed E-state index contributed by atoms with van der Waals surface area (Å²) < 4.78 is 6.11. The normalized spacial score (nSPS) is 38.1. The summed E-state index contributed by atoms with van der Waals surface area (Å²) in [4.78, 5) is 2.79. The van der Waals surface area contributed by atoms with Crippen molar-refractivity contribution in [1.29, 1.82) is 0 Å². The Balaban J connectivity index is 1.67. The van der Waals surface area contributed by atoms with Gasteiger partial charge < -0.3 is 10.1 Å². The van der Waals surface area contributed by atoms with Crippen LogP contribution >= 0.6 is 0 Å². The van der Waals surface area contributed by atoms with Crippen LogP contribution in [0.1, 0.15) is 65.7 Å². The lowest BCUT2D eigenvalue weighted by Crippen LogP contribution is -2.65. The fourth-order valence-corrected chi connectivity index (χ4v) is 4.71. The zero-order chi connectivity index (χ0) is 14.9. The molecule has 3 nitrogen and oxygen atoms in total. The van der Waals surface area contributed by atoms with Crippen molar-refractivity contribution < 1.29 is 4.74 Å². The van der Waals surface area contributed by atoms with E-state index in [0.717, 1.165) is 12.5 Å². The Morgan fingerprint density at radius 2 is 2.05 bits per heavy atom. The smallest absolute Gasteiger partial charge is 0.0706 e. The molecule has 3 fully saturated rings. The van der Waals surface area contributed by atoms with Crippen LogP contribution in [0, 0.1) is 5.92 Å². The molecular weight excluding hydrogens is 260 g/mol. The molecule has 1 saturated carbocycles. The molecule has 21 heavy (non-hydrogen) atoms. The van der Waals surface area contributed by atoms with Crippen LogP contribution in [0.25, 0.3) is 0 Å². The molecule has 0 aromatic heterocycles. The van der Waals surface area contributed by atoms with Gasteiger partial charge in [-0.2, -0.15) is 0 Å². The molecule has 0 amide bonds. The third kappa shape index (κ3) is 3.46. The standard InChI is InChI=1S/C18H34N2O/c1-4-14(2)17-11-19-18(9-5-6-10-18)13-20(17)12-16-8-7-15(3)21-16/h14-17,19H,4-13H2,1-3H3. The van der Waals surface area contributed by atoms with E-state index in [1.165, 1.54) is 58.0 Å². The predicted octanol–water partition coefficient (Wildman–Crippen LogP) is 3.19. The summed E-state index contributed by atoms with van der Waals surface area (Å²) in [6.45, 7) is 10.6. The van der Waals surface area contributed by atoms with Gasteiger partial charge in [-0.15, -0.1) is 0 Å². The second-order valence-corrected chi connectivity index (χ2v) is 7.90. The Morgan fingerprint density at radius 3 is 2.67 bits per heavy atom. The summed E-state index contributed by atoms with van der Waals surface area (Å²) >= 11 is 0. The first kappa shape index (κ1) is 15.8. The molecule has 0 bridgehead atoms. The Bertz CT molecular complexity index is 340. The van der Waals surface area contributed by atoms with E-state index in [9.17, 15) is 0 Å². The monoisotopic (exact) mass is 294 g/mol. The molecule has 0 aromatic rings.